The number of hydrogen-bond acceptors (Lipinski definition) is 3. The number of para-hydroxylation sites is 1. The zero-order valence-electron chi connectivity index (χ0n) is 11.3. The van der Waals surface area contributed by atoms with Gasteiger partial charge in [0.1, 0.15) is 6.07 Å². The zero-order chi connectivity index (χ0) is 14.3. The second-order valence-electron chi connectivity index (χ2n) is 4.25. The van der Waals surface area contributed by atoms with Gasteiger partial charge in [0.15, 0.2) is 0 Å². The summed E-state index contributed by atoms with van der Waals surface area (Å²) in [5.74, 6) is -0.493. The smallest absolute Gasteiger partial charge is 0.233 e. The summed E-state index contributed by atoms with van der Waals surface area (Å²) in [5.41, 5.74) is 0.735. The van der Waals surface area contributed by atoms with Gasteiger partial charge in [-0.05, 0) is 25.0 Å². The largest absolute Gasteiger partial charge is 0.274 e. The van der Waals surface area contributed by atoms with Crippen LogP contribution in [-0.2, 0) is 9.59 Å². The molecule has 1 aromatic rings. The van der Waals surface area contributed by atoms with E-state index in [4.69, 9.17) is 5.26 Å². The van der Waals surface area contributed by atoms with Crippen LogP contribution in [0.2, 0.25) is 0 Å². The van der Waals surface area contributed by atoms with Crippen LogP contribution in [0.25, 0.3) is 0 Å². The van der Waals surface area contributed by atoms with Crippen LogP contribution in [0.1, 0.15) is 45.1 Å². The first-order valence-electron chi connectivity index (χ1n) is 6.50. The highest BCUT2D eigenvalue weighted by Gasteiger charge is 2.23. The molecule has 0 bridgehead atoms. The molecule has 19 heavy (non-hydrogen) atoms. The number of nitriles is 1. The summed E-state index contributed by atoms with van der Waals surface area (Å²) < 4.78 is 0. The summed E-state index contributed by atoms with van der Waals surface area (Å²) >= 11 is 0. The Morgan fingerprint density at radius 1 is 1.11 bits per heavy atom. The van der Waals surface area contributed by atoms with E-state index >= 15 is 0 Å². The summed E-state index contributed by atoms with van der Waals surface area (Å²) in [6, 6.07) is 8.72. The molecule has 4 heteroatoms. The number of rotatable bonds is 5. The number of amides is 2. The molecule has 0 atom stereocenters. The van der Waals surface area contributed by atoms with Crippen LogP contribution in [0.4, 0.5) is 5.69 Å². The van der Waals surface area contributed by atoms with E-state index in [2.05, 4.69) is 0 Å². The van der Waals surface area contributed by atoms with Gasteiger partial charge in [0.2, 0.25) is 11.8 Å². The first-order chi connectivity index (χ1) is 9.15. The van der Waals surface area contributed by atoms with Gasteiger partial charge in [-0.25, -0.2) is 4.90 Å². The molecule has 0 unspecified atom stereocenters. The van der Waals surface area contributed by atoms with Crippen molar-refractivity contribution in [2.45, 2.75) is 39.5 Å². The molecule has 0 N–H and O–H groups in total. The van der Waals surface area contributed by atoms with Crippen LogP contribution in [-0.4, -0.2) is 11.8 Å². The molecule has 4 nitrogen and oxygen atoms in total. The topological polar surface area (TPSA) is 61.2 Å². The van der Waals surface area contributed by atoms with Crippen molar-refractivity contribution in [1.29, 1.82) is 5.26 Å². The van der Waals surface area contributed by atoms with Gasteiger partial charge in [-0.15, -0.1) is 0 Å². The quantitative estimate of drug-likeness (QED) is 0.815. The average Bonchev–Trinajstić information content (AvgIpc) is 2.40. The highest BCUT2D eigenvalue weighted by atomic mass is 16.2. The van der Waals surface area contributed by atoms with Crippen LogP contribution in [0, 0.1) is 11.3 Å². The van der Waals surface area contributed by atoms with Crippen molar-refractivity contribution in [2.75, 3.05) is 4.90 Å². The Balaban J connectivity index is 3.19. The van der Waals surface area contributed by atoms with Crippen LogP contribution in [0.5, 0.6) is 0 Å². The van der Waals surface area contributed by atoms with Gasteiger partial charge in [0.25, 0.3) is 0 Å². The fraction of sp³-hybridized carbons (Fsp3) is 0.400. The van der Waals surface area contributed by atoms with E-state index in [1.165, 1.54) is 0 Å². The first-order valence-corrected chi connectivity index (χ1v) is 6.50. The average molecular weight is 258 g/mol. The Morgan fingerprint density at radius 3 is 2.11 bits per heavy atom. The van der Waals surface area contributed by atoms with Crippen LogP contribution < -0.4 is 4.90 Å². The van der Waals surface area contributed by atoms with Gasteiger partial charge in [0, 0.05) is 12.8 Å². The van der Waals surface area contributed by atoms with Crippen molar-refractivity contribution in [3.05, 3.63) is 29.8 Å². The number of carbonyl (C=O) groups excluding carboxylic acids is 2. The molecular formula is C15H18N2O2. The van der Waals surface area contributed by atoms with E-state index in [1.54, 1.807) is 24.3 Å². The van der Waals surface area contributed by atoms with E-state index in [1.807, 2.05) is 19.9 Å². The normalized spacial score (nSPS) is 9.74. The van der Waals surface area contributed by atoms with E-state index in [0.29, 0.717) is 36.9 Å². The lowest BCUT2D eigenvalue weighted by Gasteiger charge is -2.21. The van der Waals surface area contributed by atoms with Gasteiger partial charge in [0.05, 0.1) is 11.3 Å². The summed E-state index contributed by atoms with van der Waals surface area (Å²) in [7, 11) is 0. The summed E-state index contributed by atoms with van der Waals surface area (Å²) in [5, 5.41) is 9.09. The molecule has 0 radical (unpaired) electrons. The SMILES string of the molecule is CCCC(=O)N(C(=O)CCC)c1ccccc1C#N. The highest BCUT2D eigenvalue weighted by molar-refractivity contribution is 6.15. The fourth-order valence-electron chi connectivity index (χ4n) is 1.82. The molecule has 2 amide bonds. The van der Waals surface area contributed by atoms with E-state index in [9.17, 15) is 9.59 Å². The van der Waals surface area contributed by atoms with Crippen LogP contribution in [0.15, 0.2) is 24.3 Å². The van der Waals surface area contributed by atoms with Crippen molar-refractivity contribution in [3.63, 3.8) is 0 Å². The maximum Gasteiger partial charge on any atom is 0.233 e. The molecule has 0 saturated heterocycles. The molecule has 1 aromatic carbocycles. The number of carbonyl (C=O) groups is 2. The van der Waals surface area contributed by atoms with Gasteiger partial charge < -0.3 is 0 Å². The molecule has 0 fully saturated rings. The van der Waals surface area contributed by atoms with Gasteiger partial charge in [-0.1, -0.05) is 26.0 Å². The van der Waals surface area contributed by atoms with Crippen molar-refractivity contribution in [2.24, 2.45) is 0 Å². The number of benzene rings is 1. The van der Waals surface area contributed by atoms with E-state index < -0.39 is 0 Å². The third-order valence-electron chi connectivity index (χ3n) is 2.69. The molecule has 0 aliphatic rings. The maximum absolute atomic E-state index is 12.1. The van der Waals surface area contributed by atoms with Crippen molar-refractivity contribution < 1.29 is 9.59 Å². The van der Waals surface area contributed by atoms with Gasteiger partial charge in [-0.3, -0.25) is 9.59 Å². The minimum Gasteiger partial charge on any atom is -0.274 e. The molecule has 0 aliphatic heterocycles. The summed E-state index contributed by atoms with van der Waals surface area (Å²) in [4.78, 5) is 25.4. The second-order valence-corrected chi connectivity index (χ2v) is 4.25. The van der Waals surface area contributed by atoms with Crippen molar-refractivity contribution >= 4 is 17.5 Å². The highest BCUT2D eigenvalue weighted by Crippen LogP contribution is 2.22. The van der Waals surface area contributed by atoms with Gasteiger partial charge in [-0.2, -0.15) is 5.26 Å². The molecule has 0 aliphatic carbocycles. The number of anilines is 1. The molecule has 0 spiro atoms. The standard InChI is InChI=1S/C15H18N2O2/c1-3-7-14(18)17(15(19)8-4-2)13-10-6-5-9-12(13)11-16/h5-6,9-10H,3-4,7-8H2,1-2H3. The Bertz CT molecular complexity index is 485. The molecular weight excluding hydrogens is 240 g/mol. The minimum absolute atomic E-state index is 0.247. The Morgan fingerprint density at radius 2 is 1.63 bits per heavy atom. The molecule has 0 saturated carbocycles. The number of nitrogens with zero attached hydrogens (tertiary/aromatic N) is 2. The number of hydrogen-bond donors (Lipinski definition) is 0. The van der Waals surface area contributed by atoms with Crippen molar-refractivity contribution in [3.8, 4) is 6.07 Å². The molecule has 100 valence electrons. The zero-order valence-corrected chi connectivity index (χ0v) is 11.3. The molecule has 0 heterocycles. The Hall–Kier alpha value is -2.15. The summed E-state index contributed by atoms with van der Waals surface area (Å²) in [6.45, 7) is 3.77. The van der Waals surface area contributed by atoms with Crippen LogP contribution in [0.3, 0.4) is 0 Å². The lowest BCUT2D eigenvalue weighted by molar-refractivity contribution is -0.126. The number of imide groups is 1. The lowest BCUT2D eigenvalue weighted by Crippen LogP contribution is -2.37. The fourth-order valence-corrected chi connectivity index (χ4v) is 1.82. The molecule has 0 aromatic heterocycles. The second kappa shape index (κ2) is 7.32. The Labute approximate surface area is 113 Å². The van der Waals surface area contributed by atoms with E-state index in [0.717, 1.165) is 4.90 Å². The summed E-state index contributed by atoms with van der Waals surface area (Å²) in [6.07, 6.45) is 1.94. The third kappa shape index (κ3) is 3.65. The monoisotopic (exact) mass is 258 g/mol. The Kier molecular flexibility index (Phi) is 5.74. The first kappa shape index (κ1) is 14.9. The third-order valence-corrected chi connectivity index (χ3v) is 2.69. The van der Waals surface area contributed by atoms with Gasteiger partial charge >= 0.3 is 0 Å². The minimum atomic E-state index is -0.247. The van der Waals surface area contributed by atoms with E-state index in [-0.39, 0.29) is 11.8 Å². The lowest BCUT2D eigenvalue weighted by atomic mass is 10.1. The maximum atomic E-state index is 12.1. The van der Waals surface area contributed by atoms with Crippen LogP contribution >= 0.6 is 0 Å². The molecule has 1 rings (SSSR count). The predicted molar refractivity (Wildman–Crippen MR) is 73.5 cm³/mol. The van der Waals surface area contributed by atoms with Crippen molar-refractivity contribution in [1.82, 2.24) is 0 Å². The predicted octanol–water partition coefficient (Wildman–Crippen LogP) is 3.02.